The fourth-order valence-electron chi connectivity index (χ4n) is 1.36. The number of nitrogens with two attached hydrogens (primary N) is 1. The highest BCUT2D eigenvalue weighted by Crippen LogP contribution is 2.19. The number of hydrogen-bond acceptors (Lipinski definition) is 1. The number of guanidine groups is 1. The monoisotopic (exact) mass is 242 g/mol. The summed E-state index contributed by atoms with van der Waals surface area (Å²) in [6.45, 7) is 0.141. The molecule has 0 radical (unpaired) electrons. The minimum Gasteiger partial charge on any atom is -0.370 e. The van der Waals surface area contributed by atoms with Gasteiger partial charge in [0.25, 0.3) is 0 Å². The zero-order chi connectivity index (χ0) is 12.0. The van der Waals surface area contributed by atoms with Crippen LogP contribution in [-0.2, 0) is 13.0 Å². The summed E-state index contributed by atoms with van der Waals surface area (Å²) in [5.41, 5.74) is 7.07. The van der Waals surface area contributed by atoms with Crippen LogP contribution in [0.5, 0.6) is 0 Å². The van der Waals surface area contributed by atoms with Gasteiger partial charge in [-0.1, -0.05) is 23.7 Å². The smallest absolute Gasteiger partial charge is 0.185 e. The number of aryl methyl sites for hydroxylation is 1. The molecule has 0 spiro atoms. The lowest BCUT2D eigenvalue weighted by molar-refractivity contribution is 0.473. The van der Waals surface area contributed by atoms with Crippen molar-refractivity contribution >= 4 is 17.6 Å². The Hall–Kier alpha value is -1.29. The van der Waals surface area contributed by atoms with Gasteiger partial charge in [0.15, 0.2) is 5.96 Å². The van der Waals surface area contributed by atoms with Crippen molar-refractivity contribution in [3.05, 3.63) is 34.3 Å². The average molecular weight is 243 g/mol. The molecule has 4 N–H and O–H groups in total. The standard InChI is InChI=1S/C11H15ClFN3/c12-10-6-8(7-16-11(14)15)3-4-9(10)2-1-5-13/h3-4,6H,1-2,5,7H2,(H4,14,15,16)/i13-1. The third-order valence-corrected chi connectivity index (χ3v) is 2.53. The van der Waals surface area contributed by atoms with Gasteiger partial charge in [-0.2, -0.15) is 0 Å². The van der Waals surface area contributed by atoms with Crippen LogP contribution in [0.1, 0.15) is 17.5 Å². The Labute approximate surface area is 99.3 Å². The van der Waals surface area contributed by atoms with E-state index in [-0.39, 0.29) is 12.6 Å². The van der Waals surface area contributed by atoms with Crippen molar-refractivity contribution in [2.75, 3.05) is 6.67 Å². The first-order valence-electron chi connectivity index (χ1n) is 5.04. The highest BCUT2D eigenvalue weighted by Gasteiger charge is 2.02. The van der Waals surface area contributed by atoms with E-state index in [1.54, 1.807) is 0 Å². The minimum atomic E-state index is -0.329. The summed E-state index contributed by atoms with van der Waals surface area (Å²) in [6, 6.07) is 5.59. The largest absolute Gasteiger partial charge is 0.370 e. The van der Waals surface area contributed by atoms with Gasteiger partial charge in [0.05, 0.1) is 6.67 Å². The average Bonchev–Trinajstić information content (AvgIpc) is 2.25. The summed E-state index contributed by atoms with van der Waals surface area (Å²) in [4.78, 5) is 0. The Bertz CT molecular complexity index is 368. The zero-order valence-electron chi connectivity index (χ0n) is 8.89. The maximum atomic E-state index is 12.0. The van der Waals surface area contributed by atoms with Crippen molar-refractivity contribution in [1.29, 1.82) is 5.41 Å². The molecule has 0 aromatic heterocycles. The van der Waals surface area contributed by atoms with Gasteiger partial charge in [0.2, 0.25) is 0 Å². The number of nitrogens with one attached hydrogen (secondary N) is 2. The number of rotatable bonds is 5. The van der Waals surface area contributed by atoms with Crippen molar-refractivity contribution in [2.24, 2.45) is 5.73 Å². The number of alkyl halides is 1. The van der Waals surface area contributed by atoms with Crippen LogP contribution in [0.15, 0.2) is 18.2 Å². The minimum absolute atomic E-state index is 0.0716. The normalized spacial score (nSPS) is 10.1. The lowest BCUT2D eigenvalue weighted by Gasteiger charge is -2.07. The van der Waals surface area contributed by atoms with Crippen LogP contribution < -0.4 is 11.1 Å². The SMILES string of the molecule is N=C(N)NCc1ccc(CCC[18F])c(Cl)c1. The molecule has 1 aromatic carbocycles. The van der Waals surface area contributed by atoms with Gasteiger partial charge in [-0.05, 0) is 30.0 Å². The van der Waals surface area contributed by atoms with E-state index in [2.05, 4.69) is 5.32 Å². The molecule has 1 aromatic rings. The molecule has 0 heterocycles. The number of halogens is 2. The molecule has 16 heavy (non-hydrogen) atoms. The lowest BCUT2D eigenvalue weighted by atomic mass is 10.1. The van der Waals surface area contributed by atoms with Crippen LogP contribution in [0.2, 0.25) is 5.02 Å². The summed E-state index contributed by atoms with van der Waals surface area (Å²) in [5, 5.41) is 10.4. The molecule has 0 aliphatic rings. The van der Waals surface area contributed by atoms with Crippen molar-refractivity contribution < 1.29 is 4.39 Å². The predicted molar refractivity (Wildman–Crippen MR) is 64.5 cm³/mol. The van der Waals surface area contributed by atoms with Crippen LogP contribution in [0.3, 0.4) is 0 Å². The van der Waals surface area contributed by atoms with E-state index in [0.717, 1.165) is 11.1 Å². The third-order valence-electron chi connectivity index (χ3n) is 2.18. The van der Waals surface area contributed by atoms with E-state index in [1.807, 2.05) is 18.2 Å². The van der Waals surface area contributed by atoms with Gasteiger partial charge in [0.1, 0.15) is 0 Å². The first-order chi connectivity index (χ1) is 7.63. The molecule has 0 bridgehead atoms. The molecule has 3 nitrogen and oxygen atoms in total. The fourth-order valence-corrected chi connectivity index (χ4v) is 1.66. The quantitative estimate of drug-likeness (QED) is 0.548. The molecule has 88 valence electrons. The predicted octanol–water partition coefficient (Wildman–Crippen LogP) is 2.23. The van der Waals surface area contributed by atoms with Crippen LogP contribution >= 0.6 is 11.6 Å². The Morgan fingerprint density at radius 1 is 1.50 bits per heavy atom. The van der Waals surface area contributed by atoms with E-state index < -0.39 is 0 Å². The van der Waals surface area contributed by atoms with Gasteiger partial charge in [-0.25, -0.2) is 0 Å². The van der Waals surface area contributed by atoms with E-state index in [4.69, 9.17) is 22.7 Å². The van der Waals surface area contributed by atoms with Gasteiger partial charge in [0, 0.05) is 11.6 Å². The van der Waals surface area contributed by atoms with Crippen molar-refractivity contribution in [2.45, 2.75) is 19.4 Å². The molecule has 5 heteroatoms. The summed E-state index contributed by atoms with van der Waals surface area (Å²) in [5.74, 6) is -0.0716. The van der Waals surface area contributed by atoms with Crippen molar-refractivity contribution in [3.63, 3.8) is 0 Å². The van der Waals surface area contributed by atoms with Crippen LogP contribution in [0, 0.1) is 5.41 Å². The topological polar surface area (TPSA) is 61.9 Å². The Morgan fingerprint density at radius 3 is 2.81 bits per heavy atom. The zero-order valence-corrected chi connectivity index (χ0v) is 9.65. The highest BCUT2D eigenvalue weighted by molar-refractivity contribution is 6.31. The molecular weight excluding hydrogens is 228 g/mol. The number of hydrogen-bond donors (Lipinski definition) is 3. The lowest BCUT2D eigenvalue weighted by Crippen LogP contribution is -2.29. The molecule has 0 aliphatic carbocycles. The maximum Gasteiger partial charge on any atom is 0.185 e. The molecule has 0 fully saturated rings. The molecule has 0 amide bonds. The second-order valence-electron chi connectivity index (χ2n) is 3.49. The molecule has 0 unspecified atom stereocenters. The molecular formula is C11H15ClFN3. The number of benzene rings is 1. The Morgan fingerprint density at radius 2 is 2.25 bits per heavy atom. The van der Waals surface area contributed by atoms with E-state index in [1.165, 1.54) is 0 Å². The van der Waals surface area contributed by atoms with Gasteiger partial charge in [-0.3, -0.25) is 9.80 Å². The van der Waals surface area contributed by atoms with Crippen LogP contribution in [-0.4, -0.2) is 12.6 Å². The summed E-state index contributed by atoms with van der Waals surface area (Å²) < 4.78 is 12.0. The van der Waals surface area contributed by atoms with E-state index in [0.29, 0.717) is 24.4 Å². The second-order valence-corrected chi connectivity index (χ2v) is 3.89. The summed E-state index contributed by atoms with van der Waals surface area (Å²) in [7, 11) is 0. The molecule has 0 aliphatic heterocycles. The maximum absolute atomic E-state index is 12.0. The van der Waals surface area contributed by atoms with Gasteiger partial charge >= 0.3 is 0 Å². The summed E-state index contributed by atoms with van der Waals surface area (Å²) >= 11 is 6.05. The molecule has 0 saturated heterocycles. The van der Waals surface area contributed by atoms with E-state index in [9.17, 15) is 4.39 Å². The van der Waals surface area contributed by atoms with Gasteiger partial charge in [-0.15, -0.1) is 0 Å². The molecule has 0 saturated carbocycles. The van der Waals surface area contributed by atoms with Crippen LogP contribution in [0.25, 0.3) is 0 Å². The first-order valence-corrected chi connectivity index (χ1v) is 5.42. The van der Waals surface area contributed by atoms with Crippen molar-refractivity contribution in [3.8, 4) is 0 Å². The second kappa shape index (κ2) is 6.33. The fraction of sp³-hybridized carbons (Fsp3) is 0.364. The third kappa shape index (κ3) is 4.06. The Kier molecular flexibility index (Phi) is 5.05. The van der Waals surface area contributed by atoms with Crippen LogP contribution in [0.4, 0.5) is 4.39 Å². The first kappa shape index (κ1) is 12.8. The van der Waals surface area contributed by atoms with E-state index >= 15 is 0 Å². The summed E-state index contributed by atoms with van der Waals surface area (Å²) in [6.07, 6.45) is 1.14. The molecule has 1 rings (SSSR count). The van der Waals surface area contributed by atoms with Crippen molar-refractivity contribution in [1.82, 2.24) is 5.32 Å². The Balaban J connectivity index is 2.63. The van der Waals surface area contributed by atoms with Gasteiger partial charge < -0.3 is 11.1 Å². The highest BCUT2D eigenvalue weighted by atomic mass is 35.5. The molecule has 0 atom stereocenters.